The Hall–Kier alpha value is -2.32. The average molecular weight is 361 g/mol. The van der Waals surface area contributed by atoms with Crippen LogP contribution in [0.1, 0.15) is 18.4 Å². The summed E-state index contributed by atoms with van der Waals surface area (Å²) in [6.45, 7) is 3.48. The minimum Gasteiger partial charge on any atom is -0.472 e. The first-order chi connectivity index (χ1) is 12.6. The van der Waals surface area contributed by atoms with Gasteiger partial charge in [0.15, 0.2) is 0 Å². The molecule has 0 saturated carbocycles. The van der Waals surface area contributed by atoms with E-state index in [1.807, 2.05) is 25.4 Å². The van der Waals surface area contributed by atoms with E-state index in [0.29, 0.717) is 26.0 Å². The molecule has 0 unspecified atom stereocenters. The summed E-state index contributed by atoms with van der Waals surface area (Å²) in [6.07, 6.45) is 6.74. The monoisotopic (exact) mass is 361 g/mol. The van der Waals surface area contributed by atoms with Crippen molar-refractivity contribution in [2.24, 2.45) is 7.05 Å². The van der Waals surface area contributed by atoms with Crippen molar-refractivity contribution in [3.63, 3.8) is 0 Å². The largest absolute Gasteiger partial charge is 0.472 e. The van der Waals surface area contributed by atoms with E-state index >= 15 is 0 Å². The number of aryl methyl sites for hydroxylation is 1. The second-order valence-electron chi connectivity index (χ2n) is 6.74. The maximum absolute atomic E-state index is 12.9. The first-order valence-corrected chi connectivity index (χ1v) is 8.90. The molecule has 0 aromatic carbocycles. The van der Waals surface area contributed by atoms with E-state index in [0.717, 1.165) is 31.0 Å². The van der Waals surface area contributed by atoms with E-state index in [2.05, 4.69) is 20.6 Å². The van der Waals surface area contributed by atoms with Crippen LogP contribution in [-0.4, -0.2) is 59.5 Å². The topological polar surface area (TPSA) is 84.6 Å². The molecule has 142 valence electrons. The molecule has 3 heterocycles. The highest BCUT2D eigenvalue weighted by Gasteiger charge is 2.41. The number of hydrogen-bond donors (Lipinski definition) is 2. The number of carbonyl (C=O) groups excluding carboxylic acids is 1. The number of nitrogens with one attached hydrogen (secondary N) is 2. The third-order valence-electron chi connectivity index (χ3n) is 4.80. The predicted molar refractivity (Wildman–Crippen MR) is 97.7 cm³/mol. The van der Waals surface area contributed by atoms with Gasteiger partial charge in [-0.3, -0.25) is 14.4 Å². The van der Waals surface area contributed by atoms with Crippen LogP contribution in [-0.2, 0) is 23.1 Å². The quantitative estimate of drug-likeness (QED) is 0.688. The lowest BCUT2D eigenvalue weighted by Gasteiger charge is -2.41. The van der Waals surface area contributed by atoms with Gasteiger partial charge in [-0.05, 0) is 18.9 Å². The van der Waals surface area contributed by atoms with Crippen LogP contribution in [0, 0.1) is 0 Å². The first-order valence-electron chi connectivity index (χ1n) is 8.90. The Bertz CT molecular complexity index is 690. The Morgan fingerprint density at radius 2 is 2.19 bits per heavy atom. The van der Waals surface area contributed by atoms with Crippen LogP contribution in [0.2, 0.25) is 0 Å². The fourth-order valence-electron chi connectivity index (χ4n) is 3.31. The van der Waals surface area contributed by atoms with Crippen molar-refractivity contribution in [1.82, 2.24) is 20.0 Å². The summed E-state index contributed by atoms with van der Waals surface area (Å²) < 4.78 is 11.9. The van der Waals surface area contributed by atoms with Gasteiger partial charge < -0.3 is 19.8 Å². The smallest absolute Gasteiger partial charge is 0.245 e. The second kappa shape index (κ2) is 8.37. The second-order valence-corrected chi connectivity index (χ2v) is 6.74. The number of amides is 1. The molecule has 1 aliphatic rings. The SMILES string of the molecule is COCCNC(=O)C1(Nc2ccn(C)n2)CCN(Cc2ccoc2)CC1. The third kappa shape index (κ3) is 4.44. The molecular formula is C18H27N5O3. The maximum atomic E-state index is 12.9. The van der Waals surface area contributed by atoms with Crippen LogP contribution in [0.5, 0.6) is 0 Å². The van der Waals surface area contributed by atoms with Gasteiger partial charge in [-0.2, -0.15) is 5.10 Å². The molecule has 1 fully saturated rings. The number of anilines is 1. The van der Waals surface area contributed by atoms with E-state index in [9.17, 15) is 4.79 Å². The molecule has 0 aliphatic carbocycles. The number of ether oxygens (including phenoxy) is 1. The zero-order valence-corrected chi connectivity index (χ0v) is 15.4. The van der Waals surface area contributed by atoms with Crippen LogP contribution in [0.15, 0.2) is 35.3 Å². The third-order valence-corrected chi connectivity index (χ3v) is 4.80. The first kappa shape index (κ1) is 18.5. The molecule has 2 aromatic rings. The normalized spacial score (nSPS) is 17.2. The van der Waals surface area contributed by atoms with Crippen LogP contribution >= 0.6 is 0 Å². The lowest BCUT2D eigenvalue weighted by molar-refractivity contribution is -0.127. The molecule has 2 aromatic heterocycles. The van der Waals surface area contributed by atoms with Crippen LogP contribution < -0.4 is 10.6 Å². The van der Waals surface area contributed by atoms with Crippen LogP contribution in [0.3, 0.4) is 0 Å². The van der Waals surface area contributed by atoms with Gasteiger partial charge in [-0.25, -0.2) is 0 Å². The van der Waals surface area contributed by atoms with E-state index in [-0.39, 0.29) is 5.91 Å². The number of furan rings is 1. The number of rotatable bonds is 8. The fourth-order valence-corrected chi connectivity index (χ4v) is 3.31. The van der Waals surface area contributed by atoms with Crippen molar-refractivity contribution in [3.05, 3.63) is 36.4 Å². The van der Waals surface area contributed by atoms with Gasteiger partial charge in [0, 0.05) is 58.2 Å². The summed E-state index contributed by atoms with van der Waals surface area (Å²) in [4.78, 5) is 15.3. The van der Waals surface area contributed by atoms with Gasteiger partial charge in [-0.15, -0.1) is 0 Å². The summed E-state index contributed by atoms with van der Waals surface area (Å²) in [6, 6.07) is 3.87. The standard InChI is InChI=1S/C18H27N5O3/c1-22-8-3-16(21-22)20-18(17(24)19-7-12-25-2)5-9-23(10-6-18)13-15-4-11-26-14-15/h3-4,8,11,14H,5-7,9-10,12-13H2,1-2H3,(H,19,24)(H,20,21). The van der Waals surface area contributed by atoms with Gasteiger partial charge in [0.05, 0.1) is 19.1 Å². The minimum absolute atomic E-state index is 0.00293. The number of carbonyl (C=O) groups is 1. The van der Waals surface area contributed by atoms with E-state index in [1.54, 1.807) is 24.3 Å². The number of likely N-dealkylation sites (tertiary alicyclic amines) is 1. The molecule has 0 atom stereocenters. The van der Waals surface area contributed by atoms with Crippen molar-refractivity contribution in [2.75, 3.05) is 38.7 Å². The molecule has 0 bridgehead atoms. The number of methoxy groups -OCH3 is 1. The summed E-state index contributed by atoms with van der Waals surface area (Å²) in [7, 11) is 3.49. The highest BCUT2D eigenvalue weighted by Crippen LogP contribution is 2.28. The molecule has 0 spiro atoms. The Balaban J connectivity index is 1.66. The predicted octanol–water partition coefficient (Wildman–Crippen LogP) is 1.22. The van der Waals surface area contributed by atoms with Gasteiger partial charge in [-0.1, -0.05) is 0 Å². The van der Waals surface area contributed by atoms with Crippen LogP contribution in [0.4, 0.5) is 5.82 Å². The lowest BCUT2D eigenvalue weighted by atomic mass is 9.86. The van der Waals surface area contributed by atoms with Crippen molar-refractivity contribution < 1.29 is 13.9 Å². The summed E-state index contributed by atoms with van der Waals surface area (Å²) in [5, 5.41) is 10.8. The Labute approximate surface area is 153 Å². The highest BCUT2D eigenvalue weighted by molar-refractivity contribution is 5.89. The average Bonchev–Trinajstić information content (AvgIpc) is 3.28. The summed E-state index contributed by atoms with van der Waals surface area (Å²) in [5.74, 6) is 0.723. The van der Waals surface area contributed by atoms with Crippen molar-refractivity contribution in [3.8, 4) is 0 Å². The van der Waals surface area contributed by atoms with E-state index < -0.39 is 5.54 Å². The van der Waals surface area contributed by atoms with Gasteiger partial charge in [0.2, 0.25) is 5.91 Å². The molecule has 1 saturated heterocycles. The highest BCUT2D eigenvalue weighted by atomic mass is 16.5. The van der Waals surface area contributed by atoms with Gasteiger partial charge in [0.1, 0.15) is 11.4 Å². The summed E-state index contributed by atoms with van der Waals surface area (Å²) >= 11 is 0. The van der Waals surface area contributed by atoms with Gasteiger partial charge >= 0.3 is 0 Å². The van der Waals surface area contributed by atoms with E-state index in [4.69, 9.17) is 9.15 Å². The van der Waals surface area contributed by atoms with Gasteiger partial charge in [0.25, 0.3) is 0 Å². The molecule has 2 N–H and O–H groups in total. The van der Waals surface area contributed by atoms with Crippen molar-refractivity contribution in [1.29, 1.82) is 0 Å². The molecule has 0 radical (unpaired) electrons. The number of nitrogens with zero attached hydrogens (tertiary/aromatic N) is 3. The number of piperidine rings is 1. The molecule has 1 amide bonds. The molecule has 8 nitrogen and oxygen atoms in total. The molecule has 26 heavy (non-hydrogen) atoms. The Morgan fingerprint density at radius 1 is 1.38 bits per heavy atom. The van der Waals surface area contributed by atoms with Crippen molar-refractivity contribution in [2.45, 2.75) is 24.9 Å². The van der Waals surface area contributed by atoms with Crippen molar-refractivity contribution >= 4 is 11.7 Å². The summed E-state index contributed by atoms with van der Waals surface area (Å²) in [5.41, 5.74) is 0.495. The number of aromatic nitrogens is 2. The molecule has 8 heteroatoms. The number of hydrogen-bond acceptors (Lipinski definition) is 6. The maximum Gasteiger partial charge on any atom is 0.245 e. The molecule has 1 aliphatic heterocycles. The Morgan fingerprint density at radius 3 is 2.81 bits per heavy atom. The molecular weight excluding hydrogens is 334 g/mol. The van der Waals surface area contributed by atoms with Crippen LogP contribution in [0.25, 0.3) is 0 Å². The van der Waals surface area contributed by atoms with E-state index in [1.165, 1.54) is 0 Å². The zero-order chi connectivity index (χ0) is 18.4. The fraction of sp³-hybridized carbons (Fsp3) is 0.556. The Kier molecular flexibility index (Phi) is 5.95. The lowest BCUT2D eigenvalue weighted by Crippen LogP contribution is -2.58. The minimum atomic E-state index is -0.658. The zero-order valence-electron chi connectivity index (χ0n) is 15.4. The molecule has 3 rings (SSSR count).